The van der Waals surface area contributed by atoms with E-state index >= 15 is 0 Å². The van der Waals surface area contributed by atoms with Gasteiger partial charge >= 0.3 is 0 Å². The number of hydrogen-bond donors (Lipinski definition) is 2. The van der Waals surface area contributed by atoms with Gasteiger partial charge in [0.15, 0.2) is 0 Å². The molecule has 2 amide bonds. The van der Waals surface area contributed by atoms with Gasteiger partial charge in [-0.2, -0.15) is 0 Å². The number of hydrogen-bond acceptors (Lipinski definition) is 7. The summed E-state index contributed by atoms with van der Waals surface area (Å²) in [7, 11) is 5.23. The van der Waals surface area contributed by atoms with Crippen molar-refractivity contribution in [3.8, 4) is 5.75 Å². The van der Waals surface area contributed by atoms with E-state index in [1.54, 1.807) is 13.2 Å². The lowest BCUT2D eigenvalue weighted by Gasteiger charge is -2.38. The molecule has 0 aromatic heterocycles. The molecule has 2 atom stereocenters. The average molecular weight is 482 g/mol. The van der Waals surface area contributed by atoms with Crippen molar-refractivity contribution in [3.05, 3.63) is 22.7 Å². The zero-order chi connectivity index (χ0) is 24.0. The number of carbonyl (C=O) groups excluding carboxylic acids is 2. The molecule has 1 aromatic carbocycles. The summed E-state index contributed by atoms with van der Waals surface area (Å²) in [4.78, 5) is 31.9. The summed E-state index contributed by atoms with van der Waals surface area (Å²) in [6.45, 7) is 5.87. The van der Waals surface area contributed by atoms with Gasteiger partial charge in [0.2, 0.25) is 5.91 Å². The van der Waals surface area contributed by atoms with Crippen LogP contribution in [0.1, 0.15) is 29.6 Å². The molecule has 184 valence electrons. The molecule has 33 heavy (non-hydrogen) atoms. The maximum atomic E-state index is 12.9. The Balaban J connectivity index is 1.48. The topological polar surface area (TPSA) is 100 Å². The highest BCUT2D eigenvalue weighted by Crippen LogP contribution is 2.29. The van der Waals surface area contributed by atoms with Gasteiger partial charge in [0.1, 0.15) is 5.75 Å². The lowest BCUT2D eigenvalue weighted by Crippen LogP contribution is -2.55. The number of piperidine rings is 1. The predicted octanol–water partition coefficient (Wildman–Crippen LogP) is 1.30. The van der Waals surface area contributed by atoms with Gasteiger partial charge in [-0.1, -0.05) is 11.6 Å². The molecule has 0 bridgehead atoms. The monoisotopic (exact) mass is 481 g/mol. The predicted molar refractivity (Wildman–Crippen MR) is 129 cm³/mol. The van der Waals surface area contributed by atoms with E-state index in [-0.39, 0.29) is 24.0 Å². The van der Waals surface area contributed by atoms with Gasteiger partial charge in [0.25, 0.3) is 5.91 Å². The highest BCUT2D eigenvalue weighted by atomic mass is 35.5. The van der Waals surface area contributed by atoms with Gasteiger partial charge < -0.3 is 35.2 Å². The van der Waals surface area contributed by atoms with Crippen molar-refractivity contribution in [2.75, 3.05) is 72.8 Å². The first-order chi connectivity index (χ1) is 15.8. The number of benzene rings is 1. The SMILES string of the molecule is COc1cc(N)c(Cl)cc1C(=O)N[C@H]1CCN(CCCC(=O)N2CCN(C)CC2)C[C@H]1OC. The molecule has 0 unspecified atom stereocenters. The molecule has 0 aliphatic carbocycles. The molecule has 0 saturated carbocycles. The van der Waals surface area contributed by atoms with E-state index in [9.17, 15) is 9.59 Å². The lowest BCUT2D eigenvalue weighted by molar-refractivity contribution is -0.133. The van der Waals surface area contributed by atoms with E-state index < -0.39 is 0 Å². The number of amides is 2. The number of carbonyl (C=O) groups is 2. The Labute approximate surface area is 201 Å². The third-order valence-electron chi connectivity index (χ3n) is 6.55. The number of anilines is 1. The van der Waals surface area contributed by atoms with Crippen LogP contribution in [0.5, 0.6) is 5.75 Å². The highest BCUT2D eigenvalue weighted by molar-refractivity contribution is 6.33. The number of nitrogens with two attached hydrogens (primary N) is 1. The van der Waals surface area contributed by atoms with Gasteiger partial charge in [-0.15, -0.1) is 0 Å². The minimum absolute atomic E-state index is 0.133. The summed E-state index contributed by atoms with van der Waals surface area (Å²) >= 11 is 6.11. The zero-order valence-corrected chi connectivity index (χ0v) is 20.6. The molecule has 2 saturated heterocycles. The third kappa shape index (κ3) is 6.72. The minimum atomic E-state index is -0.271. The van der Waals surface area contributed by atoms with Crippen LogP contribution >= 0.6 is 11.6 Å². The van der Waals surface area contributed by atoms with Crippen LogP contribution in [0.25, 0.3) is 0 Å². The van der Waals surface area contributed by atoms with Crippen molar-refractivity contribution in [1.29, 1.82) is 0 Å². The molecular weight excluding hydrogens is 446 g/mol. The van der Waals surface area contributed by atoms with Crippen molar-refractivity contribution < 1.29 is 19.1 Å². The van der Waals surface area contributed by atoms with E-state index in [4.69, 9.17) is 26.8 Å². The summed E-state index contributed by atoms with van der Waals surface area (Å²) in [5, 5.41) is 3.37. The van der Waals surface area contributed by atoms with Crippen LogP contribution in [0, 0.1) is 0 Å². The Kier molecular flexibility index (Phi) is 9.19. The number of halogens is 1. The van der Waals surface area contributed by atoms with E-state index in [0.29, 0.717) is 35.0 Å². The first-order valence-corrected chi connectivity index (χ1v) is 11.9. The third-order valence-corrected chi connectivity index (χ3v) is 6.87. The Hall–Kier alpha value is -2.07. The number of rotatable bonds is 8. The molecule has 3 rings (SSSR count). The number of methoxy groups -OCH3 is 2. The van der Waals surface area contributed by atoms with E-state index in [1.807, 2.05) is 4.90 Å². The number of nitrogens with zero attached hydrogens (tertiary/aromatic N) is 3. The summed E-state index contributed by atoms with van der Waals surface area (Å²) in [5.74, 6) is 0.350. The molecule has 9 nitrogen and oxygen atoms in total. The molecule has 10 heteroatoms. The van der Waals surface area contributed by atoms with Gasteiger partial charge in [-0.05, 0) is 32.5 Å². The Morgan fingerprint density at radius 1 is 1.18 bits per heavy atom. The molecule has 0 spiro atoms. The van der Waals surface area contributed by atoms with E-state index in [0.717, 1.165) is 52.1 Å². The number of likely N-dealkylation sites (tertiary alicyclic amines) is 1. The van der Waals surface area contributed by atoms with Crippen molar-refractivity contribution in [3.63, 3.8) is 0 Å². The van der Waals surface area contributed by atoms with Crippen LogP contribution in [-0.4, -0.2) is 106 Å². The summed E-state index contributed by atoms with van der Waals surface area (Å²) < 4.78 is 11.0. The van der Waals surface area contributed by atoms with Crippen molar-refractivity contribution in [2.45, 2.75) is 31.4 Å². The van der Waals surface area contributed by atoms with Crippen LogP contribution in [0.15, 0.2) is 12.1 Å². The van der Waals surface area contributed by atoms with Gasteiger partial charge in [0, 0.05) is 58.9 Å². The summed E-state index contributed by atoms with van der Waals surface area (Å²) in [6.07, 6.45) is 1.99. The van der Waals surface area contributed by atoms with Gasteiger partial charge in [0.05, 0.1) is 35.5 Å². The summed E-state index contributed by atoms with van der Waals surface area (Å²) in [5.41, 5.74) is 6.52. The molecule has 2 aliphatic rings. The molecule has 2 aliphatic heterocycles. The second kappa shape index (κ2) is 11.9. The van der Waals surface area contributed by atoms with Crippen molar-refractivity contribution in [1.82, 2.24) is 20.0 Å². The van der Waals surface area contributed by atoms with Crippen LogP contribution in [0.2, 0.25) is 5.02 Å². The Morgan fingerprint density at radius 2 is 1.91 bits per heavy atom. The van der Waals surface area contributed by atoms with Crippen molar-refractivity contribution in [2.24, 2.45) is 0 Å². The smallest absolute Gasteiger partial charge is 0.255 e. The second-order valence-corrected chi connectivity index (χ2v) is 9.21. The fraction of sp³-hybridized carbons (Fsp3) is 0.652. The molecule has 2 fully saturated rings. The number of likely N-dealkylation sites (N-methyl/N-ethyl adjacent to an activating group) is 1. The average Bonchev–Trinajstić information content (AvgIpc) is 2.81. The molecular formula is C23H36ClN5O4. The lowest BCUT2D eigenvalue weighted by atomic mass is 10.0. The van der Waals surface area contributed by atoms with Crippen molar-refractivity contribution >= 4 is 29.1 Å². The first-order valence-electron chi connectivity index (χ1n) is 11.5. The number of nitrogen functional groups attached to an aromatic ring is 1. The fourth-order valence-electron chi connectivity index (χ4n) is 4.42. The molecule has 2 heterocycles. The standard InChI is InChI=1S/C23H36ClN5O4/c1-27-9-11-29(12-10-27)22(30)5-4-7-28-8-6-19(21(15-28)33-3)26-23(31)16-13-17(24)18(25)14-20(16)32-2/h13-14,19,21H,4-12,15,25H2,1-3H3,(H,26,31)/t19-,21+/m0/s1. The van der Waals surface area contributed by atoms with Crippen LogP contribution in [-0.2, 0) is 9.53 Å². The Morgan fingerprint density at radius 3 is 2.58 bits per heavy atom. The number of nitrogens with one attached hydrogen (secondary N) is 1. The van der Waals surface area contributed by atoms with Gasteiger partial charge in [-0.25, -0.2) is 0 Å². The maximum absolute atomic E-state index is 12.9. The first kappa shape index (κ1) is 25.6. The fourth-order valence-corrected chi connectivity index (χ4v) is 4.58. The van der Waals surface area contributed by atoms with Gasteiger partial charge in [-0.3, -0.25) is 9.59 Å². The number of ether oxygens (including phenoxy) is 2. The quantitative estimate of drug-likeness (QED) is 0.540. The van der Waals surface area contributed by atoms with Crippen LogP contribution < -0.4 is 15.8 Å². The van der Waals surface area contributed by atoms with Crippen LogP contribution in [0.4, 0.5) is 5.69 Å². The largest absolute Gasteiger partial charge is 0.496 e. The maximum Gasteiger partial charge on any atom is 0.255 e. The molecule has 0 radical (unpaired) electrons. The minimum Gasteiger partial charge on any atom is -0.496 e. The summed E-state index contributed by atoms with van der Waals surface area (Å²) in [6, 6.07) is 2.95. The second-order valence-electron chi connectivity index (χ2n) is 8.81. The van der Waals surface area contributed by atoms with E-state index in [2.05, 4.69) is 22.2 Å². The Bertz CT molecular complexity index is 831. The number of piperazine rings is 1. The normalized spacial score (nSPS) is 22.2. The van der Waals surface area contributed by atoms with E-state index in [1.165, 1.54) is 13.2 Å². The highest BCUT2D eigenvalue weighted by Gasteiger charge is 2.31. The van der Waals surface area contributed by atoms with Crippen LogP contribution in [0.3, 0.4) is 0 Å². The molecule has 3 N–H and O–H groups in total. The zero-order valence-electron chi connectivity index (χ0n) is 19.8. The molecule has 1 aromatic rings.